The van der Waals surface area contributed by atoms with E-state index in [1.54, 1.807) is 0 Å². The highest BCUT2D eigenvalue weighted by atomic mass is 35.5. The number of methoxy groups -OCH3 is 1. The van der Waals surface area contributed by atoms with Crippen LogP contribution in [0.5, 0.6) is 0 Å². The average molecular weight is 425 g/mol. The molecule has 2 aliphatic rings. The van der Waals surface area contributed by atoms with Crippen LogP contribution in [0.25, 0.3) is 0 Å². The molecule has 4 atom stereocenters. The molecule has 1 aliphatic heterocycles. The molecule has 6 nitrogen and oxygen atoms in total. The van der Waals surface area contributed by atoms with Gasteiger partial charge in [0.15, 0.2) is 0 Å². The lowest BCUT2D eigenvalue weighted by Crippen LogP contribution is -2.54. The van der Waals surface area contributed by atoms with Gasteiger partial charge in [0.2, 0.25) is 5.91 Å². The van der Waals surface area contributed by atoms with E-state index in [1.165, 1.54) is 12.7 Å². The predicted octanol–water partition coefficient (Wildman–Crippen LogP) is 2.69. The first-order valence-corrected chi connectivity index (χ1v) is 10.1. The Morgan fingerprint density at radius 2 is 1.83 bits per heavy atom. The number of amides is 1. The summed E-state index contributed by atoms with van der Waals surface area (Å²) in [6.07, 6.45) is 1.90. The maximum absolute atomic E-state index is 12.5. The van der Waals surface area contributed by atoms with Crippen LogP contribution in [0.3, 0.4) is 0 Å². The Morgan fingerprint density at radius 1 is 1.24 bits per heavy atom. The minimum atomic E-state index is -0.709. The SMILES string of the molecule is COC[C@@H](N)C(=O)N[C@@H](C[C@H]1C[C@@H]1c1ccccc1)B1OC(C)(C)C(C)(C)O1.Cl. The van der Waals surface area contributed by atoms with Gasteiger partial charge >= 0.3 is 7.12 Å². The molecule has 1 aromatic rings. The number of ether oxygens (including phenoxy) is 1. The fourth-order valence-corrected chi connectivity index (χ4v) is 3.78. The van der Waals surface area contributed by atoms with Gasteiger partial charge in [-0.05, 0) is 57.9 Å². The molecule has 1 saturated heterocycles. The topological polar surface area (TPSA) is 82.8 Å². The Bertz CT molecular complexity index is 673. The van der Waals surface area contributed by atoms with E-state index in [2.05, 4.69) is 29.6 Å². The van der Waals surface area contributed by atoms with Gasteiger partial charge in [0, 0.05) is 7.11 Å². The summed E-state index contributed by atoms with van der Waals surface area (Å²) in [6.45, 7) is 8.26. The highest BCUT2D eigenvalue weighted by Crippen LogP contribution is 2.50. The van der Waals surface area contributed by atoms with Crippen molar-refractivity contribution < 1.29 is 18.8 Å². The molecule has 162 valence electrons. The summed E-state index contributed by atoms with van der Waals surface area (Å²) < 4.78 is 17.5. The minimum absolute atomic E-state index is 0. The van der Waals surface area contributed by atoms with Crippen molar-refractivity contribution in [1.29, 1.82) is 0 Å². The third-order valence-electron chi connectivity index (χ3n) is 6.32. The highest BCUT2D eigenvalue weighted by molar-refractivity contribution is 6.48. The summed E-state index contributed by atoms with van der Waals surface area (Å²) in [6, 6.07) is 9.80. The Labute approximate surface area is 180 Å². The molecule has 1 aliphatic carbocycles. The maximum atomic E-state index is 12.5. The molecule has 3 N–H and O–H groups in total. The Hall–Kier alpha value is -1.12. The third kappa shape index (κ3) is 5.53. The summed E-state index contributed by atoms with van der Waals surface area (Å²) >= 11 is 0. The Balaban J connectivity index is 0.00000300. The van der Waals surface area contributed by atoms with Crippen LogP contribution in [0.1, 0.15) is 52.0 Å². The number of rotatable bonds is 8. The number of carbonyl (C=O) groups excluding carboxylic acids is 1. The van der Waals surface area contributed by atoms with E-state index in [0.29, 0.717) is 11.8 Å². The molecule has 29 heavy (non-hydrogen) atoms. The van der Waals surface area contributed by atoms with E-state index in [0.717, 1.165) is 12.8 Å². The first-order chi connectivity index (χ1) is 13.1. The number of carbonyl (C=O) groups is 1. The molecule has 2 fully saturated rings. The lowest BCUT2D eigenvalue weighted by Gasteiger charge is -2.32. The van der Waals surface area contributed by atoms with Crippen LogP contribution in [-0.2, 0) is 18.8 Å². The summed E-state index contributed by atoms with van der Waals surface area (Å²) in [5.74, 6) is 0.523. The van der Waals surface area contributed by atoms with Crippen LogP contribution in [0.15, 0.2) is 30.3 Å². The number of hydrogen-bond acceptors (Lipinski definition) is 5. The van der Waals surface area contributed by atoms with Gasteiger partial charge in [0.1, 0.15) is 6.04 Å². The normalized spacial score (nSPS) is 26.3. The first-order valence-electron chi connectivity index (χ1n) is 10.1. The third-order valence-corrected chi connectivity index (χ3v) is 6.32. The molecule has 0 spiro atoms. The largest absolute Gasteiger partial charge is 0.481 e. The average Bonchev–Trinajstić information content (AvgIpc) is 3.35. The van der Waals surface area contributed by atoms with Crippen molar-refractivity contribution in [2.75, 3.05) is 13.7 Å². The smallest absolute Gasteiger partial charge is 0.402 e. The van der Waals surface area contributed by atoms with Gasteiger partial charge < -0.3 is 25.1 Å². The lowest BCUT2D eigenvalue weighted by molar-refractivity contribution is -0.123. The molecular formula is C21H34BClN2O4. The standard InChI is InChI=1S/C21H33BN2O4.ClH/c1-20(2)21(3,4)28-22(27-20)18(24-19(25)17(23)13-26-5)12-15-11-16(15)14-9-7-6-8-10-14;/h6-10,15-18H,11-13,23H2,1-5H3,(H,24,25);1H/t15-,16-,17-,18+;/m1./s1. The van der Waals surface area contributed by atoms with Crippen LogP contribution in [0.4, 0.5) is 0 Å². The molecule has 0 aromatic heterocycles. The Morgan fingerprint density at radius 3 is 2.38 bits per heavy atom. The molecule has 0 radical (unpaired) electrons. The molecule has 1 amide bonds. The van der Waals surface area contributed by atoms with Crippen LogP contribution in [0, 0.1) is 5.92 Å². The fourth-order valence-electron chi connectivity index (χ4n) is 3.78. The number of nitrogens with two attached hydrogens (primary N) is 1. The summed E-state index contributed by atoms with van der Waals surface area (Å²) in [7, 11) is 1.04. The van der Waals surface area contributed by atoms with E-state index in [9.17, 15) is 4.79 Å². The monoisotopic (exact) mass is 424 g/mol. The van der Waals surface area contributed by atoms with E-state index in [4.69, 9.17) is 19.8 Å². The van der Waals surface area contributed by atoms with Gasteiger partial charge in [0.25, 0.3) is 0 Å². The van der Waals surface area contributed by atoms with Gasteiger partial charge in [-0.15, -0.1) is 12.4 Å². The zero-order chi connectivity index (χ0) is 20.5. The van der Waals surface area contributed by atoms with Crippen molar-refractivity contribution in [3.05, 3.63) is 35.9 Å². The lowest BCUT2D eigenvalue weighted by atomic mass is 9.74. The molecule has 1 heterocycles. The first kappa shape index (κ1) is 24.2. The van der Waals surface area contributed by atoms with Crippen molar-refractivity contribution in [2.45, 2.75) is 69.6 Å². The van der Waals surface area contributed by atoms with E-state index < -0.39 is 24.4 Å². The van der Waals surface area contributed by atoms with E-state index in [-0.39, 0.29) is 30.9 Å². The summed E-state index contributed by atoms with van der Waals surface area (Å²) in [5, 5.41) is 3.07. The number of halogens is 1. The fraction of sp³-hybridized carbons (Fsp3) is 0.667. The van der Waals surface area contributed by atoms with Gasteiger partial charge in [-0.3, -0.25) is 4.79 Å². The van der Waals surface area contributed by atoms with Gasteiger partial charge in [-0.2, -0.15) is 0 Å². The molecule has 1 aromatic carbocycles. The van der Waals surface area contributed by atoms with Crippen LogP contribution < -0.4 is 11.1 Å². The number of hydrogen-bond donors (Lipinski definition) is 2. The van der Waals surface area contributed by atoms with Crippen LogP contribution >= 0.6 is 12.4 Å². The number of nitrogens with one attached hydrogen (secondary N) is 1. The summed E-state index contributed by atoms with van der Waals surface area (Å²) in [5.41, 5.74) is 6.38. The molecule has 3 rings (SSSR count). The van der Waals surface area contributed by atoms with E-state index >= 15 is 0 Å². The maximum Gasteiger partial charge on any atom is 0.481 e. The zero-order valence-electron chi connectivity index (χ0n) is 18.0. The molecule has 8 heteroatoms. The van der Waals surface area contributed by atoms with Gasteiger partial charge in [0.05, 0.1) is 23.8 Å². The molecule has 1 saturated carbocycles. The second kappa shape index (κ2) is 9.35. The van der Waals surface area contributed by atoms with Gasteiger partial charge in [-0.25, -0.2) is 0 Å². The van der Waals surface area contributed by atoms with Crippen molar-refractivity contribution in [2.24, 2.45) is 11.7 Å². The predicted molar refractivity (Wildman–Crippen MR) is 117 cm³/mol. The van der Waals surface area contributed by atoms with Crippen LogP contribution in [0.2, 0.25) is 0 Å². The molecule has 0 unspecified atom stereocenters. The summed E-state index contributed by atoms with van der Waals surface area (Å²) in [4.78, 5) is 12.5. The number of benzene rings is 1. The Kier molecular flexibility index (Phi) is 7.79. The highest BCUT2D eigenvalue weighted by Gasteiger charge is 2.55. The molecule has 0 bridgehead atoms. The molecular weight excluding hydrogens is 391 g/mol. The minimum Gasteiger partial charge on any atom is -0.402 e. The second-order valence-corrected chi connectivity index (χ2v) is 9.05. The van der Waals surface area contributed by atoms with Crippen molar-refractivity contribution >= 4 is 25.4 Å². The van der Waals surface area contributed by atoms with Gasteiger partial charge in [-0.1, -0.05) is 30.3 Å². The van der Waals surface area contributed by atoms with Crippen molar-refractivity contribution in [3.8, 4) is 0 Å². The zero-order valence-corrected chi connectivity index (χ0v) is 18.8. The van der Waals surface area contributed by atoms with E-state index in [1.807, 2.05) is 33.8 Å². The van der Waals surface area contributed by atoms with Crippen molar-refractivity contribution in [1.82, 2.24) is 5.32 Å². The van der Waals surface area contributed by atoms with Crippen molar-refractivity contribution in [3.63, 3.8) is 0 Å². The van der Waals surface area contributed by atoms with Crippen LogP contribution in [-0.4, -0.2) is 49.9 Å². The quantitative estimate of drug-likeness (QED) is 0.627. The second-order valence-electron chi connectivity index (χ2n) is 9.05.